The molecule has 0 heterocycles. The molecule has 18 heavy (non-hydrogen) atoms. The Kier molecular flexibility index (Phi) is 4.46. The van der Waals surface area contributed by atoms with Crippen LogP contribution in [-0.4, -0.2) is 35.3 Å². The summed E-state index contributed by atoms with van der Waals surface area (Å²) in [5.74, 6) is 0. The van der Waals surface area contributed by atoms with Gasteiger partial charge in [0, 0.05) is 14.1 Å². The van der Waals surface area contributed by atoms with Gasteiger partial charge in [0.05, 0.1) is 4.90 Å². The van der Waals surface area contributed by atoms with Crippen LogP contribution in [0.15, 0.2) is 29.2 Å². The minimum atomic E-state index is -3.90. The highest BCUT2D eigenvalue weighted by Gasteiger charge is 2.24. The number of nitrogens with zero attached hydrogens (tertiary/aromatic N) is 1. The maximum atomic E-state index is 12.0. The van der Waals surface area contributed by atoms with E-state index in [1.165, 1.54) is 19.2 Å². The highest BCUT2D eigenvalue weighted by molar-refractivity contribution is 7.91. The zero-order valence-corrected chi connectivity index (χ0v) is 11.8. The normalized spacial score (nSPS) is 12.9. The van der Waals surface area contributed by atoms with Crippen LogP contribution in [0.2, 0.25) is 0 Å². The molecule has 2 N–H and O–H groups in total. The fraction of sp³-hybridized carbons (Fsp3) is 0.333. The van der Waals surface area contributed by atoms with E-state index in [-0.39, 0.29) is 4.90 Å². The molecule has 0 aromatic heterocycles. The van der Waals surface area contributed by atoms with E-state index in [2.05, 4.69) is 0 Å². The molecule has 0 aliphatic rings. The largest absolute Gasteiger partial charge is 0.290 e. The molecule has 7 nitrogen and oxygen atoms in total. The lowest BCUT2D eigenvalue weighted by atomic mass is 10.2. The number of hydrogen-bond donors (Lipinski definition) is 2. The van der Waals surface area contributed by atoms with Crippen molar-refractivity contribution in [3.05, 3.63) is 29.8 Å². The van der Waals surface area contributed by atoms with Gasteiger partial charge in [-0.05, 0) is 19.1 Å². The molecule has 0 unspecified atom stereocenters. The minimum Gasteiger partial charge on any atom is -0.206 e. The minimum absolute atomic E-state index is 0.00871. The Morgan fingerprint density at radius 2 is 1.56 bits per heavy atom. The van der Waals surface area contributed by atoms with Crippen LogP contribution in [0.1, 0.15) is 5.56 Å². The summed E-state index contributed by atoms with van der Waals surface area (Å²) in [6.07, 6.45) is 0. The smallest absolute Gasteiger partial charge is 0.206 e. The van der Waals surface area contributed by atoms with Crippen molar-refractivity contribution in [2.45, 2.75) is 11.8 Å². The second-order valence-corrected chi connectivity index (χ2v) is 7.15. The number of hydrazine groups is 1. The van der Waals surface area contributed by atoms with Crippen LogP contribution in [0.3, 0.4) is 0 Å². The third-order valence-electron chi connectivity index (χ3n) is 2.20. The van der Waals surface area contributed by atoms with E-state index in [0.29, 0.717) is 4.41 Å². The fourth-order valence-corrected chi connectivity index (χ4v) is 3.05. The van der Waals surface area contributed by atoms with Crippen LogP contribution in [0, 0.1) is 6.92 Å². The summed E-state index contributed by atoms with van der Waals surface area (Å²) in [6, 6.07) is 6.09. The molecule has 1 aromatic carbocycles. The van der Waals surface area contributed by atoms with Crippen molar-refractivity contribution in [3.63, 3.8) is 0 Å². The number of aryl methyl sites for hydroxylation is 1. The quantitative estimate of drug-likeness (QED) is 0.721. The number of nitrogens with one attached hydrogen (secondary N) is 2. The molecule has 0 aliphatic heterocycles. The molecule has 102 valence electrons. The number of rotatable bonds is 5. The molecule has 0 fully saturated rings. The standard InChI is InChI=1S/C9H15N3O4S2/c1-8-4-6-9(7-5-8)17(13,14)12(3)11-18(15,16)10-2/h4-7,10-11H,1-3H3. The van der Waals surface area contributed by atoms with Crippen LogP contribution in [-0.2, 0) is 20.2 Å². The molecular formula is C9H15N3O4S2. The second kappa shape index (κ2) is 5.33. The van der Waals surface area contributed by atoms with Gasteiger partial charge in [0.25, 0.3) is 20.2 Å². The average molecular weight is 293 g/mol. The summed E-state index contributed by atoms with van der Waals surface area (Å²) >= 11 is 0. The highest BCUT2D eigenvalue weighted by Crippen LogP contribution is 2.13. The Labute approximate surface area is 107 Å². The van der Waals surface area contributed by atoms with Gasteiger partial charge in [-0.2, -0.15) is 8.42 Å². The van der Waals surface area contributed by atoms with Crippen LogP contribution >= 0.6 is 0 Å². The molecule has 0 amide bonds. The van der Waals surface area contributed by atoms with Crippen molar-refractivity contribution < 1.29 is 16.8 Å². The maximum absolute atomic E-state index is 12.0. The van der Waals surface area contributed by atoms with E-state index >= 15 is 0 Å². The van der Waals surface area contributed by atoms with E-state index in [9.17, 15) is 16.8 Å². The van der Waals surface area contributed by atoms with Gasteiger partial charge in [0.1, 0.15) is 0 Å². The van der Waals surface area contributed by atoms with Gasteiger partial charge in [0.15, 0.2) is 0 Å². The van der Waals surface area contributed by atoms with Crippen LogP contribution in [0.4, 0.5) is 0 Å². The summed E-state index contributed by atoms with van der Waals surface area (Å²) in [7, 11) is -5.48. The first-order valence-electron chi connectivity index (χ1n) is 4.95. The number of sulfonamides is 1. The summed E-state index contributed by atoms with van der Waals surface area (Å²) in [5, 5.41) is 0. The van der Waals surface area contributed by atoms with Gasteiger partial charge in [-0.25, -0.2) is 13.1 Å². The molecule has 1 aromatic rings. The molecule has 0 radical (unpaired) electrons. The summed E-state index contributed by atoms with van der Waals surface area (Å²) in [4.78, 5) is 1.87. The van der Waals surface area contributed by atoms with Crippen molar-refractivity contribution in [1.29, 1.82) is 0 Å². The van der Waals surface area contributed by atoms with E-state index in [4.69, 9.17) is 0 Å². The van der Waals surface area contributed by atoms with Crippen molar-refractivity contribution >= 4 is 20.2 Å². The Morgan fingerprint density at radius 1 is 1.06 bits per heavy atom. The third-order valence-corrected chi connectivity index (χ3v) is 5.04. The first-order chi connectivity index (χ1) is 8.19. The van der Waals surface area contributed by atoms with Crippen molar-refractivity contribution in [2.24, 2.45) is 0 Å². The lowest BCUT2D eigenvalue weighted by Gasteiger charge is -2.17. The zero-order chi connectivity index (χ0) is 14.0. The second-order valence-electron chi connectivity index (χ2n) is 3.58. The van der Waals surface area contributed by atoms with E-state index in [1.807, 2.05) is 16.5 Å². The molecule has 9 heteroatoms. The summed E-state index contributed by atoms with van der Waals surface area (Å²) in [5.41, 5.74) is 0.910. The molecule has 0 atom stereocenters. The highest BCUT2D eigenvalue weighted by atomic mass is 32.2. The maximum Gasteiger partial charge on any atom is 0.290 e. The van der Waals surface area contributed by atoms with Crippen LogP contribution in [0.25, 0.3) is 0 Å². The number of benzene rings is 1. The van der Waals surface area contributed by atoms with Gasteiger partial charge in [-0.3, -0.25) is 0 Å². The average Bonchev–Trinajstić information content (AvgIpc) is 2.29. The Bertz CT molecular complexity index is 608. The van der Waals surface area contributed by atoms with Gasteiger partial charge in [-0.1, -0.05) is 17.7 Å². The summed E-state index contributed by atoms with van der Waals surface area (Å²) in [6.45, 7) is 1.82. The monoisotopic (exact) mass is 293 g/mol. The predicted octanol–water partition coefficient (Wildman–Crippen LogP) is -0.416. The molecule has 1 rings (SSSR count). The van der Waals surface area contributed by atoms with Gasteiger partial charge < -0.3 is 0 Å². The molecular weight excluding hydrogens is 278 g/mol. The summed E-state index contributed by atoms with van der Waals surface area (Å²) < 4.78 is 48.9. The first kappa shape index (κ1) is 15.1. The molecule has 0 aliphatic carbocycles. The Morgan fingerprint density at radius 3 is 2.00 bits per heavy atom. The van der Waals surface area contributed by atoms with Crippen molar-refractivity contribution in [2.75, 3.05) is 14.1 Å². The van der Waals surface area contributed by atoms with Crippen LogP contribution < -0.4 is 9.55 Å². The lowest BCUT2D eigenvalue weighted by molar-refractivity contribution is 0.429. The Hall–Kier alpha value is -1.00. The van der Waals surface area contributed by atoms with Gasteiger partial charge in [-0.15, -0.1) is 9.25 Å². The van der Waals surface area contributed by atoms with Crippen molar-refractivity contribution in [1.82, 2.24) is 14.0 Å². The molecule has 0 saturated carbocycles. The molecule has 0 saturated heterocycles. The Balaban J connectivity index is 3.04. The first-order valence-corrected chi connectivity index (χ1v) is 7.88. The van der Waals surface area contributed by atoms with Crippen LogP contribution in [0.5, 0.6) is 0 Å². The topological polar surface area (TPSA) is 95.6 Å². The van der Waals surface area contributed by atoms with Gasteiger partial charge >= 0.3 is 0 Å². The van der Waals surface area contributed by atoms with Crippen molar-refractivity contribution in [3.8, 4) is 0 Å². The third kappa shape index (κ3) is 3.50. The van der Waals surface area contributed by atoms with E-state index in [0.717, 1.165) is 12.6 Å². The van der Waals surface area contributed by atoms with E-state index in [1.54, 1.807) is 12.1 Å². The zero-order valence-electron chi connectivity index (χ0n) is 10.2. The predicted molar refractivity (Wildman–Crippen MR) is 67.2 cm³/mol. The SMILES string of the molecule is CNS(=O)(=O)NN(C)S(=O)(=O)c1ccc(C)cc1. The molecule has 0 spiro atoms. The fourth-order valence-electron chi connectivity index (χ4n) is 1.13. The number of hydrogen-bond acceptors (Lipinski definition) is 4. The van der Waals surface area contributed by atoms with E-state index < -0.39 is 20.2 Å². The van der Waals surface area contributed by atoms with Gasteiger partial charge in [0.2, 0.25) is 0 Å². The molecule has 0 bridgehead atoms. The lowest BCUT2D eigenvalue weighted by Crippen LogP contribution is -2.47.